The third-order valence-corrected chi connectivity index (χ3v) is 6.99. The number of benzene rings is 2. The molecule has 2 aliphatic heterocycles. The van der Waals surface area contributed by atoms with E-state index >= 15 is 0 Å². The van der Waals surface area contributed by atoms with Crippen LogP contribution in [0.5, 0.6) is 0 Å². The second-order valence-electron chi connectivity index (χ2n) is 9.39. The molecule has 2 amide bonds. The van der Waals surface area contributed by atoms with Crippen LogP contribution in [-0.4, -0.2) is 50.1 Å². The van der Waals surface area contributed by atoms with Crippen molar-refractivity contribution in [2.24, 2.45) is 0 Å². The molecule has 7 heteroatoms. The van der Waals surface area contributed by atoms with E-state index in [1.165, 1.54) is 5.56 Å². The van der Waals surface area contributed by atoms with E-state index in [2.05, 4.69) is 67.9 Å². The average molecular weight is 453 g/mol. The second kappa shape index (κ2) is 8.57. The maximum Gasteiger partial charge on any atom is 0.322 e. The van der Waals surface area contributed by atoms with Crippen LogP contribution in [-0.2, 0) is 13.1 Å². The van der Waals surface area contributed by atoms with Gasteiger partial charge in [-0.2, -0.15) is 5.10 Å². The number of aromatic nitrogens is 3. The van der Waals surface area contributed by atoms with Crippen LogP contribution in [0.4, 0.5) is 10.5 Å². The number of rotatable bonds is 4. The zero-order valence-corrected chi connectivity index (χ0v) is 19.3. The zero-order valence-electron chi connectivity index (χ0n) is 19.3. The van der Waals surface area contributed by atoms with Crippen molar-refractivity contribution in [2.75, 3.05) is 18.4 Å². The molecule has 6 rings (SSSR count). The molecule has 1 saturated heterocycles. The van der Waals surface area contributed by atoms with Crippen molar-refractivity contribution < 1.29 is 4.79 Å². The van der Waals surface area contributed by atoms with Gasteiger partial charge in [0.25, 0.3) is 0 Å². The fourth-order valence-electron chi connectivity index (χ4n) is 5.19. The van der Waals surface area contributed by atoms with Gasteiger partial charge in [-0.25, -0.2) is 4.79 Å². The predicted molar refractivity (Wildman–Crippen MR) is 133 cm³/mol. The quantitative estimate of drug-likeness (QED) is 0.460. The molecule has 0 radical (unpaired) electrons. The van der Waals surface area contributed by atoms with E-state index in [9.17, 15) is 4.79 Å². The lowest BCUT2D eigenvalue weighted by molar-refractivity contribution is 0.108. The monoisotopic (exact) mass is 452 g/mol. The molecular weight excluding hydrogens is 424 g/mol. The van der Waals surface area contributed by atoms with Crippen LogP contribution in [0.3, 0.4) is 0 Å². The number of anilines is 1. The average Bonchev–Trinajstić information content (AvgIpc) is 3.26. The van der Waals surface area contributed by atoms with Gasteiger partial charge in [0.1, 0.15) is 5.69 Å². The van der Waals surface area contributed by atoms with E-state index in [0.29, 0.717) is 6.54 Å². The van der Waals surface area contributed by atoms with E-state index in [0.717, 1.165) is 71.6 Å². The minimum absolute atomic E-state index is 0.0131. The first-order valence-corrected chi connectivity index (χ1v) is 11.9. The van der Waals surface area contributed by atoms with Gasteiger partial charge in [-0.15, -0.1) is 0 Å². The number of carbonyl (C=O) groups excluding carboxylic acids is 1. The Morgan fingerprint density at radius 1 is 1.12 bits per heavy atom. The van der Waals surface area contributed by atoms with Crippen LogP contribution in [0.15, 0.2) is 60.8 Å². The van der Waals surface area contributed by atoms with E-state index < -0.39 is 0 Å². The summed E-state index contributed by atoms with van der Waals surface area (Å²) >= 11 is 0. The second-order valence-corrected chi connectivity index (χ2v) is 9.39. The number of likely N-dealkylation sites (tertiary alicyclic amines) is 1. The number of carbonyl (C=O) groups is 1. The highest BCUT2D eigenvalue weighted by molar-refractivity contribution is 6.00. The van der Waals surface area contributed by atoms with Gasteiger partial charge in [-0.05, 0) is 61.7 Å². The number of nitrogens with one attached hydrogen (secondary N) is 2. The van der Waals surface area contributed by atoms with Crippen LogP contribution in [0.1, 0.15) is 29.7 Å². The summed E-state index contributed by atoms with van der Waals surface area (Å²) in [6.07, 6.45) is 3.99. The lowest BCUT2D eigenvalue weighted by atomic mass is 9.99. The van der Waals surface area contributed by atoms with Crippen molar-refractivity contribution >= 4 is 22.6 Å². The first-order valence-electron chi connectivity index (χ1n) is 11.9. The molecule has 2 aliphatic rings. The molecule has 7 nitrogen and oxygen atoms in total. The molecule has 0 saturated carbocycles. The number of hydrogen-bond donors (Lipinski definition) is 2. The number of urea groups is 1. The summed E-state index contributed by atoms with van der Waals surface area (Å²) in [7, 11) is 0. The summed E-state index contributed by atoms with van der Waals surface area (Å²) in [5.74, 6) is 0. The Morgan fingerprint density at radius 3 is 2.82 bits per heavy atom. The van der Waals surface area contributed by atoms with Crippen molar-refractivity contribution in [3.05, 3.63) is 77.6 Å². The number of aryl methyl sites for hydroxylation is 1. The van der Waals surface area contributed by atoms with E-state index in [1.807, 2.05) is 30.2 Å². The Bertz CT molecular complexity index is 1330. The molecule has 34 heavy (non-hydrogen) atoms. The van der Waals surface area contributed by atoms with Gasteiger partial charge in [0.2, 0.25) is 0 Å². The van der Waals surface area contributed by atoms with Gasteiger partial charge < -0.3 is 10.2 Å². The lowest BCUT2D eigenvalue weighted by Gasteiger charge is -2.41. The molecule has 0 spiro atoms. The van der Waals surface area contributed by atoms with E-state index in [1.54, 1.807) is 0 Å². The van der Waals surface area contributed by atoms with Crippen molar-refractivity contribution in [3.8, 4) is 11.3 Å². The highest BCUT2D eigenvalue weighted by Gasteiger charge is 2.32. The van der Waals surface area contributed by atoms with Crippen molar-refractivity contribution in [1.29, 1.82) is 0 Å². The minimum Gasteiger partial charge on any atom is -0.316 e. The van der Waals surface area contributed by atoms with Crippen molar-refractivity contribution in [2.45, 2.75) is 38.9 Å². The van der Waals surface area contributed by atoms with Crippen LogP contribution < -0.4 is 5.32 Å². The summed E-state index contributed by atoms with van der Waals surface area (Å²) in [5.41, 5.74) is 7.07. The van der Waals surface area contributed by atoms with E-state index in [-0.39, 0.29) is 12.1 Å². The number of hydrogen-bond acceptors (Lipinski definition) is 4. The number of fused-ring (bicyclic) bond motifs is 2. The summed E-state index contributed by atoms with van der Waals surface area (Å²) < 4.78 is 0. The number of aromatic amines is 1. The van der Waals surface area contributed by atoms with Crippen molar-refractivity contribution in [1.82, 2.24) is 25.0 Å². The summed E-state index contributed by atoms with van der Waals surface area (Å²) in [6.45, 7) is 5.48. The van der Waals surface area contributed by atoms with Gasteiger partial charge in [-0.3, -0.25) is 15.0 Å². The van der Waals surface area contributed by atoms with Gasteiger partial charge in [0.15, 0.2) is 0 Å². The number of nitrogens with zero attached hydrogens (tertiary/aromatic N) is 4. The Hall–Kier alpha value is -3.71. The highest BCUT2D eigenvalue weighted by Crippen LogP contribution is 2.34. The molecular formula is C27H28N6O. The first kappa shape index (κ1) is 20.9. The van der Waals surface area contributed by atoms with Crippen LogP contribution in [0, 0.1) is 6.92 Å². The topological polar surface area (TPSA) is 77.2 Å². The smallest absolute Gasteiger partial charge is 0.316 e. The van der Waals surface area contributed by atoms with Crippen LogP contribution in [0.25, 0.3) is 22.2 Å². The minimum atomic E-state index is -0.0131. The van der Waals surface area contributed by atoms with Crippen LogP contribution in [0.2, 0.25) is 0 Å². The molecule has 4 aromatic rings. The summed E-state index contributed by atoms with van der Waals surface area (Å²) in [6, 6.07) is 19.0. The SMILES string of the molecule is Cc1ccc(-c2n[nH]c3cc4c(cc23)CN([C@H]2CCCN(Cc3ccccc3)C2)C(=O)N4)cn1. The molecule has 0 bridgehead atoms. The van der Waals surface area contributed by atoms with Crippen LogP contribution >= 0.6 is 0 Å². The molecule has 2 aromatic heterocycles. The number of H-pyrrole nitrogens is 1. The summed E-state index contributed by atoms with van der Waals surface area (Å²) in [5, 5.41) is 11.8. The molecule has 4 heterocycles. The van der Waals surface area contributed by atoms with Gasteiger partial charge in [0.05, 0.1) is 5.52 Å². The molecule has 172 valence electrons. The Balaban J connectivity index is 1.25. The Labute approximate surface area is 198 Å². The third-order valence-electron chi connectivity index (χ3n) is 6.99. The van der Waals surface area contributed by atoms with Gasteiger partial charge >= 0.3 is 6.03 Å². The predicted octanol–water partition coefficient (Wildman–Crippen LogP) is 4.95. The Kier molecular flexibility index (Phi) is 5.26. The maximum absolute atomic E-state index is 13.1. The fraction of sp³-hybridized carbons (Fsp3) is 0.296. The number of amides is 2. The molecule has 0 unspecified atom stereocenters. The lowest BCUT2D eigenvalue weighted by Crippen LogP contribution is -2.52. The Morgan fingerprint density at radius 2 is 2.00 bits per heavy atom. The fourth-order valence-corrected chi connectivity index (χ4v) is 5.19. The van der Waals surface area contributed by atoms with Crippen molar-refractivity contribution in [3.63, 3.8) is 0 Å². The first-order chi connectivity index (χ1) is 16.6. The number of pyridine rings is 1. The molecule has 1 atom stereocenters. The van der Waals surface area contributed by atoms with E-state index in [4.69, 9.17) is 0 Å². The molecule has 0 aliphatic carbocycles. The molecule has 2 aromatic carbocycles. The molecule has 1 fully saturated rings. The summed E-state index contributed by atoms with van der Waals surface area (Å²) in [4.78, 5) is 22.0. The highest BCUT2D eigenvalue weighted by atomic mass is 16.2. The van der Waals surface area contributed by atoms with Gasteiger partial charge in [-0.1, -0.05) is 30.3 Å². The van der Waals surface area contributed by atoms with Gasteiger partial charge in [0, 0.05) is 54.2 Å². The largest absolute Gasteiger partial charge is 0.322 e. The molecule has 2 N–H and O–H groups in total. The number of piperidine rings is 1. The standard InChI is InChI=1S/C27H28N6O/c1-18-9-10-20(14-28-18)26-23-12-21-16-33(27(34)29-24(21)13-25(23)30-31-26)22-8-5-11-32(17-22)15-19-6-3-2-4-7-19/h2-4,6-7,9-10,12-14,22H,5,8,11,15-17H2,1H3,(H,29,34)(H,30,31)/t22-/m0/s1. The maximum atomic E-state index is 13.1. The zero-order chi connectivity index (χ0) is 23.1. The normalized spacial score (nSPS) is 18.7. The third kappa shape index (κ3) is 3.92.